The Balaban J connectivity index is 1.90. The van der Waals surface area contributed by atoms with Crippen LogP contribution in [0.4, 0.5) is 0 Å². The predicted molar refractivity (Wildman–Crippen MR) is 83.9 cm³/mol. The summed E-state index contributed by atoms with van der Waals surface area (Å²) in [7, 11) is 1.76. The molecule has 2 amide bonds. The molecule has 2 fully saturated rings. The Kier molecular flexibility index (Phi) is 4.39. The van der Waals surface area contributed by atoms with Crippen molar-refractivity contribution in [1.82, 2.24) is 19.6 Å². The first kappa shape index (κ1) is 16.0. The first-order valence-corrected chi connectivity index (χ1v) is 8.23. The molecule has 1 aromatic heterocycles. The van der Waals surface area contributed by atoms with E-state index in [4.69, 9.17) is 4.74 Å². The minimum Gasteiger partial charge on any atom is -0.381 e. The molecule has 7 nitrogen and oxygen atoms in total. The zero-order valence-electron chi connectivity index (χ0n) is 13.8. The average molecular weight is 320 g/mol. The smallest absolute Gasteiger partial charge is 0.272 e. The van der Waals surface area contributed by atoms with Gasteiger partial charge in [0.2, 0.25) is 5.91 Å². The van der Waals surface area contributed by atoms with Crippen molar-refractivity contribution in [2.75, 3.05) is 32.8 Å². The van der Waals surface area contributed by atoms with Crippen LogP contribution in [0.25, 0.3) is 0 Å². The van der Waals surface area contributed by atoms with E-state index in [1.807, 2.05) is 16.7 Å². The van der Waals surface area contributed by atoms with Gasteiger partial charge in [-0.05, 0) is 25.8 Å². The molecule has 0 aliphatic carbocycles. The number of likely N-dealkylation sites (N-methyl/N-ethyl adjacent to an activating group) is 1. The van der Waals surface area contributed by atoms with Gasteiger partial charge in [-0.25, -0.2) is 0 Å². The van der Waals surface area contributed by atoms with Gasteiger partial charge < -0.3 is 14.5 Å². The number of amides is 2. The lowest BCUT2D eigenvalue weighted by Crippen LogP contribution is -2.58. The average Bonchev–Trinajstić information content (AvgIpc) is 2.92. The number of hydrogen-bond donors (Lipinski definition) is 0. The van der Waals surface area contributed by atoms with Gasteiger partial charge in [0.15, 0.2) is 0 Å². The molecular weight excluding hydrogens is 296 g/mol. The largest absolute Gasteiger partial charge is 0.381 e. The van der Waals surface area contributed by atoms with E-state index < -0.39 is 0 Å². The zero-order valence-corrected chi connectivity index (χ0v) is 13.8. The van der Waals surface area contributed by atoms with Gasteiger partial charge in [-0.2, -0.15) is 5.10 Å². The lowest BCUT2D eigenvalue weighted by Gasteiger charge is -2.46. The van der Waals surface area contributed by atoms with Crippen molar-refractivity contribution < 1.29 is 14.3 Å². The molecule has 23 heavy (non-hydrogen) atoms. The van der Waals surface area contributed by atoms with Crippen LogP contribution in [0.1, 0.15) is 36.7 Å². The third-order valence-corrected chi connectivity index (χ3v) is 5.02. The molecule has 126 valence electrons. The van der Waals surface area contributed by atoms with Crippen LogP contribution in [0.15, 0.2) is 12.3 Å². The summed E-state index contributed by atoms with van der Waals surface area (Å²) in [6.45, 7) is 4.98. The molecule has 2 aliphatic heterocycles. The number of rotatable bonds is 2. The van der Waals surface area contributed by atoms with Crippen molar-refractivity contribution >= 4 is 11.8 Å². The van der Waals surface area contributed by atoms with Gasteiger partial charge in [-0.15, -0.1) is 0 Å². The summed E-state index contributed by atoms with van der Waals surface area (Å²) in [4.78, 5) is 29.2. The Labute approximate surface area is 136 Å². The molecule has 0 radical (unpaired) electrons. The topological polar surface area (TPSA) is 67.7 Å². The molecule has 2 saturated heterocycles. The summed E-state index contributed by atoms with van der Waals surface area (Å²) in [5.74, 6) is 0.0799. The van der Waals surface area contributed by atoms with Crippen LogP contribution in [-0.4, -0.2) is 69.8 Å². The highest BCUT2D eigenvalue weighted by molar-refractivity contribution is 5.93. The second-order valence-corrected chi connectivity index (χ2v) is 6.29. The molecule has 0 saturated carbocycles. The van der Waals surface area contributed by atoms with Crippen molar-refractivity contribution in [3.63, 3.8) is 0 Å². The van der Waals surface area contributed by atoms with Crippen LogP contribution >= 0.6 is 0 Å². The summed E-state index contributed by atoms with van der Waals surface area (Å²) < 4.78 is 7.08. The fourth-order valence-corrected chi connectivity index (χ4v) is 3.76. The number of ether oxygens (including phenoxy) is 1. The second-order valence-electron chi connectivity index (χ2n) is 6.29. The third-order valence-electron chi connectivity index (χ3n) is 5.02. The van der Waals surface area contributed by atoms with Crippen molar-refractivity contribution in [2.24, 2.45) is 7.05 Å². The highest BCUT2D eigenvalue weighted by Crippen LogP contribution is 2.32. The fraction of sp³-hybridized carbons (Fsp3) is 0.688. The Morgan fingerprint density at radius 1 is 1.39 bits per heavy atom. The zero-order chi connectivity index (χ0) is 16.4. The minimum atomic E-state index is -0.297. The Morgan fingerprint density at radius 3 is 2.74 bits per heavy atom. The molecule has 0 N–H and O–H groups in total. The molecule has 0 bridgehead atoms. The van der Waals surface area contributed by atoms with Gasteiger partial charge in [0.25, 0.3) is 5.91 Å². The molecule has 1 aromatic rings. The minimum absolute atomic E-state index is 0.0541. The van der Waals surface area contributed by atoms with Gasteiger partial charge in [-0.3, -0.25) is 14.3 Å². The quantitative estimate of drug-likeness (QED) is 0.803. The maximum Gasteiger partial charge on any atom is 0.272 e. The lowest BCUT2D eigenvalue weighted by molar-refractivity contribution is -0.139. The Hall–Kier alpha value is -1.89. The van der Waals surface area contributed by atoms with Crippen molar-refractivity contribution in [2.45, 2.75) is 31.7 Å². The van der Waals surface area contributed by atoms with E-state index in [-0.39, 0.29) is 17.4 Å². The number of nitrogens with zero attached hydrogens (tertiary/aromatic N) is 4. The summed E-state index contributed by atoms with van der Waals surface area (Å²) >= 11 is 0. The molecule has 3 heterocycles. The summed E-state index contributed by atoms with van der Waals surface area (Å²) in [5.41, 5.74) is 0.263. The van der Waals surface area contributed by atoms with Gasteiger partial charge >= 0.3 is 0 Å². The van der Waals surface area contributed by atoms with Gasteiger partial charge in [-0.1, -0.05) is 0 Å². The van der Waals surface area contributed by atoms with E-state index in [2.05, 4.69) is 5.10 Å². The molecule has 0 atom stereocenters. The first-order chi connectivity index (χ1) is 11.1. The molecule has 1 spiro atoms. The van der Waals surface area contributed by atoms with E-state index in [0.29, 0.717) is 45.0 Å². The maximum absolute atomic E-state index is 12.9. The highest BCUT2D eigenvalue weighted by Gasteiger charge is 2.44. The van der Waals surface area contributed by atoms with Crippen LogP contribution in [0, 0.1) is 0 Å². The summed E-state index contributed by atoms with van der Waals surface area (Å²) in [5, 5.41) is 4.08. The van der Waals surface area contributed by atoms with Crippen LogP contribution in [0.3, 0.4) is 0 Å². The first-order valence-electron chi connectivity index (χ1n) is 8.23. The Bertz CT molecular complexity index is 592. The van der Waals surface area contributed by atoms with Crippen LogP contribution in [0.2, 0.25) is 0 Å². The molecule has 0 unspecified atom stereocenters. The number of hydrogen-bond acceptors (Lipinski definition) is 4. The molecular formula is C16H24N4O3. The number of carbonyl (C=O) groups is 2. The normalized spacial score (nSPS) is 21.6. The van der Waals surface area contributed by atoms with Crippen molar-refractivity contribution in [3.05, 3.63) is 18.0 Å². The van der Waals surface area contributed by atoms with Crippen LogP contribution < -0.4 is 0 Å². The van der Waals surface area contributed by atoms with E-state index >= 15 is 0 Å². The lowest BCUT2D eigenvalue weighted by atomic mass is 9.87. The maximum atomic E-state index is 12.9. The van der Waals surface area contributed by atoms with Gasteiger partial charge in [0, 0.05) is 52.5 Å². The van der Waals surface area contributed by atoms with Gasteiger partial charge in [0.05, 0.1) is 5.54 Å². The van der Waals surface area contributed by atoms with E-state index in [0.717, 1.165) is 12.8 Å². The van der Waals surface area contributed by atoms with E-state index in [9.17, 15) is 9.59 Å². The second kappa shape index (κ2) is 6.31. The van der Waals surface area contributed by atoms with Crippen LogP contribution in [-0.2, 0) is 16.6 Å². The standard InChI is InChI=1S/C16H24N4O3/c1-3-20-14(21)5-9-19(12-16(20)6-10-23-11-7-16)15(22)13-4-8-17-18(13)2/h4,8H,3,5-7,9-12H2,1-2H3. The van der Waals surface area contributed by atoms with E-state index in [1.54, 1.807) is 24.0 Å². The third kappa shape index (κ3) is 2.85. The molecule has 2 aliphatic rings. The number of aryl methyl sites for hydroxylation is 1. The van der Waals surface area contributed by atoms with Crippen molar-refractivity contribution in [1.29, 1.82) is 0 Å². The summed E-state index contributed by atoms with van der Waals surface area (Å²) in [6.07, 6.45) is 3.56. The fourth-order valence-electron chi connectivity index (χ4n) is 3.76. The highest BCUT2D eigenvalue weighted by atomic mass is 16.5. The number of aromatic nitrogens is 2. The Morgan fingerprint density at radius 2 is 2.13 bits per heavy atom. The van der Waals surface area contributed by atoms with Crippen LogP contribution in [0.5, 0.6) is 0 Å². The monoisotopic (exact) mass is 320 g/mol. The van der Waals surface area contributed by atoms with Gasteiger partial charge in [0.1, 0.15) is 5.69 Å². The predicted octanol–water partition coefficient (Wildman–Crippen LogP) is 0.664. The molecule has 3 rings (SSSR count). The van der Waals surface area contributed by atoms with Crippen molar-refractivity contribution in [3.8, 4) is 0 Å². The molecule has 0 aromatic carbocycles. The SMILES string of the molecule is CCN1C(=O)CCN(C(=O)c2ccnn2C)CC12CCOCC2. The van der Waals surface area contributed by atoms with E-state index in [1.165, 1.54) is 0 Å². The number of carbonyl (C=O) groups excluding carboxylic acids is 2. The molecule has 7 heteroatoms. The summed E-state index contributed by atoms with van der Waals surface area (Å²) in [6, 6.07) is 1.73.